The normalized spacial score (nSPS) is 18.2. The summed E-state index contributed by atoms with van der Waals surface area (Å²) in [6.07, 6.45) is 0.992. The molecule has 0 radical (unpaired) electrons. The highest BCUT2D eigenvalue weighted by molar-refractivity contribution is 5.78. The Labute approximate surface area is 119 Å². The van der Waals surface area contributed by atoms with Crippen molar-refractivity contribution in [2.24, 2.45) is 0 Å². The van der Waals surface area contributed by atoms with E-state index in [1.807, 2.05) is 30.3 Å². The fraction of sp³-hybridized carbons (Fsp3) is 0.533. The quantitative estimate of drug-likeness (QED) is 0.707. The summed E-state index contributed by atoms with van der Waals surface area (Å²) in [5.41, 5.74) is 0. The Bertz CT molecular complexity index is 410. The molecular weight excluding hydrogens is 258 g/mol. The highest BCUT2D eigenvalue weighted by atomic mass is 16.5. The van der Waals surface area contributed by atoms with E-state index in [4.69, 9.17) is 14.2 Å². The van der Waals surface area contributed by atoms with Crippen LogP contribution in [-0.2, 0) is 14.3 Å². The number of nitrogens with zero attached hydrogens (tertiary/aromatic N) is 1. The molecule has 0 spiro atoms. The molecule has 20 heavy (non-hydrogen) atoms. The van der Waals surface area contributed by atoms with Gasteiger partial charge in [-0.2, -0.15) is 0 Å². The molecule has 1 fully saturated rings. The number of methoxy groups -OCH3 is 1. The monoisotopic (exact) mass is 279 g/mol. The summed E-state index contributed by atoms with van der Waals surface area (Å²) in [5.74, 6) is 0.722. The second-order valence-corrected chi connectivity index (χ2v) is 4.72. The second kappa shape index (κ2) is 7.87. The number of likely N-dealkylation sites (tertiary alicyclic amines) is 1. The van der Waals surface area contributed by atoms with Crippen molar-refractivity contribution < 1.29 is 19.0 Å². The van der Waals surface area contributed by atoms with Gasteiger partial charge in [0.25, 0.3) is 5.91 Å². The summed E-state index contributed by atoms with van der Waals surface area (Å²) < 4.78 is 16.0. The van der Waals surface area contributed by atoms with Crippen LogP contribution in [0.3, 0.4) is 0 Å². The highest BCUT2D eigenvalue weighted by Crippen LogP contribution is 2.14. The van der Waals surface area contributed by atoms with Crippen LogP contribution in [0.4, 0.5) is 0 Å². The maximum absolute atomic E-state index is 12.0. The predicted octanol–water partition coefficient (Wildman–Crippen LogP) is 1.33. The van der Waals surface area contributed by atoms with E-state index >= 15 is 0 Å². The molecule has 1 aromatic rings. The van der Waals surface area contributed by atoms with Crippen LogP contribution in [0.25, 0.3) is 0 Å². The van der Waals surface area contributed by atoms with E-state index in [1.165, 1.54) is 0 Å². The molecule has 1 unspecified atom stereocenters. The van der Waals surface area contributed by atoms with Crippen LogP contribution >= 0.6 is 0 Å². The molecule has 1 atom stereocenters. The van der Waals surface area contributed by atoms with Crippen LogP contribution in [0.2, 0.25) is 0 Å². The molecule has 1 amide bonds. The summed E-state index contributed by atoms with van der Waals surface area (Å²) >= 11 is 0. The Morgan fingerprint density at radius 3 is 2.85 bits per heavy atom. The van der Waals surface area contributed by atoms with E-state index in [2.05, 4.69) is 0 Å². The number of rotatable bonds is 7. The Morgan fingerprint density at radius 1 is 1.30 bits per heavy atom. The van der Waals surface area contributed by atoms with Crippen LogP contribution in [-0.4, -0.2) is 56.9 Å². The van der Waals surface area contributed by atoms with Crippen LogP contribution < -0.4 is 4.74 Å². The van der Waals surface area contributed by atoms with Gasteiger partial charge in [0.15, 0.2) is 6.61 Å². The third-order valence-electron chi connectivity index (χ3n) is 3.24. The predicted molar refractivity (Wildman–Crippen MR) is 74.8 cm³/mol. The molecular formula is C15H21NO4. The first-order valence-electron chi connectivity index (χ1n) is 6.86. The van der Waals surface area contributed by atoms with Crippen LogP contribution in [0.15, 0.2) is 30.3 Å². The minimum absolute atomic E-state index is 0.00620. The zero-order valence-electron chi connectivity index (χ0n) is 11.8. The molecule has 1 aliphatic rings. The lowest BCUT2D eigenvalue weighted by molar-refractivity contribution is -0.132. The van der Waals surface area contributed by atoms with Crippen molar-refractivity contribution in [1.29, 1.82) is 0 Å². The number of amides is 1. The third kappa shape index (κ3) is 4.51. The van der Waals surface area contributed by atoms with Gasteiger partial charge < -0.3 is 19.1 Å². The number of hydrogen-bond donors (Lipinski definition) is 0. The van der Waals surface area contributed by atoms with Gasteiger partial charge in [-0.15, -0.1) is 0 Å². The number of hydrogen-bond acceptors (Lipinski definition) is 4. The summed E-state index contributed by atoms with van der Waals surface area (Å²) in [7, 11) is 1.65. The van der Waals surface area contributed by atoms with Gasteiger partial charge in [0.1, 0.15) is 5.75 Å². The Balaban J connectivity index is 1.69. The van der Waals surface area contributed by atoms with Gasteiger partial charge in [-0.05, 0) is 18.6 Å². The van der Waals surface area contributed by atoms with Crippen molar-refractivity contribution in [3.05, 3.63) is 30.3 Å². The lowest BCUT2D eigenvalue weighted by Gasteiger charge is -2.17. The maximum atomic E-state index is 12.0. The first kappa shape index (κ1) is 14.8. The minimum Gasteiger partial charge on any atom is -0.484 e. The van der Waals surface area contributed by atoms with Crippen molar-refractivity contribution in [2.45, 2.75) is 12.5 Å². The van der Waals surface area contributed by atoms with Crippen molar-refractivity contribution in [2.75, 3.05) is 40.0 Å². The smallest absolute Gasteiger partial charge is 0.260 e. The van der Waals surface area contributed by atoms with E-state index < -0.39 is 0 Å². The molecule has 1 aliphatic heterocycles. The Hall–Kier alpha value is -1.59. The first-order valence-corrected chi connectivity index (χ1v) is 6.86. The zero-order valence-corrected chi connectivity index (χ0v) is 11.8. The van der Waals surface area contributed by atoms with E-state index in [0.29, 0.717) is 25.5 Å². The molecule has 0 N–H and O–H groups in total. The maximum Gasteiger partial charge on any atom is 0.260 e. The molecule has 0 aromatic heterocycles. The van der Waals surface area contributed by atoms with Gasteiger partial charge in [0.05, 0.1) is 19.3 Å². The molecule has 0 bridgehead atoms. The fourth-order valence-electron chi connectivity index (χ4n) is 2.14. The lowest BCUT2D eigenvalue weighted by Crippen LogP contribution is -2.34. The number of carbonyl (C=O) groups is 1. The fourth-order valence-corrected chi connectivity index (χ4v) is 2.14. The summed E-state index contributed by atoms with van der Waals surface area (Å²) in [6, 6.07) is 9.36. The average Bonchev–Trinajstić information content (AvgIpc) is 2.95. The number of ether oxygens (including phenoxy) is 3. The second-order valence-electron chi connectivity index (χ2n) is 4.72. The molecule has 0 saturated carbocycles. The number of carbonyl (C=O) groups excluding carboxylic acids is 1. The summed E-state index contributed by atoms with van der Waals surface area (Å²) in [6.45, 7) is 2.61. The molecule has 110 valence electrons. The molecule has 1 aromatic carbocycles. The van der Waals surface area contributed by atoms with Crippen LogP contribution in [0, 0.1) is 0 Å². The molecule has 1 heterocycles. The summed E-state index contributed by atoms with van der Waals surface area (Å²) in [5, 5.41) is 0. The first-order chi connectivity index (χ1) is 9.79. The van der Waals surface area contributed by atoms with Gasteiger partial charge in [-0.1, -0.05) is 18.2 Å². The zero-order chi connectivity index (χ0) is 14.2. The molecule has 0 aliphatic carbocycles. The largest absolute Gasteiger partial charge is 0.484 e. The third-order valence-corrected chi connectivity index (χ3v) is 3.24. The standard InChI is InChI=1S/C15H21NO4/c1-18-9-10-19-14-7-8-16(11-14)15(17)12-20-13-5-3-2-4-6-13/h2-6,14H,7-12H2,1H3. The van der Waals surface area contributed by atoms with Gasteiger partial charge in [0.2, 0.25) is 0 Å². The molecule has 5 nitrogen and oxygen atoms in total. The SMILES string of the molecule is COCCOC1CCN(C(=O)COc2ccccc2)C1. The van der Waals surface area contributed by atoms with Gasteiger partial charge in [-0.25, -0.2) is 0 Å². The molecule has 2 rings (SSSR count). The van der Waals surface area contributed by atoms with E-state index in [0.717, 1.165) is 13.0 Å². The topological polar surface area (TPSA) is 48.0 Å². The average molecular weight is 279 g/mol. The Kier molecular flexibility index (Phi) is 5.83. The highest BCUT2D eigenvalue weighted by Gasteiger charge is 2.26. The van der Waals surface area contributed by atoms with Gasteiger partial charge in [-0.3, -0.25) is 4.79 Å². The van der Waals surface area contributed by atoms with Crippen molar-refractivity contribution in [3.8, 4) is 5.75 Å². The van der Waals surface area contributed by atoms with E-state index in [-0.39, 0.29) is 18.6 Å². The number of benzene rings is 1. The number of para-hydroxylation sites is 1. The van der Waals surface area contributed by atoms with Crippen molar-refractivity contribution in [3.63, 3.8) is 0 Å². The summed E-state index contributed by atoms with van der Waals surface area (Å²) in [4.78, 5) is 13.8. The van der Waals surface area contributed by atoms with Gasteiger partial charge in [0, 0.05) is 20.2 Å². The van der Waals surface area contributed by atoms with Crippen molar-refractivity contribution >= 4 is 5.91 Å². The lowest BCUT2D eigenvalue weighted by atomic mass is 10.3. The molecule has 5 heteroatoms. The van der Waals surface area contributed by atoms with E-state index in [1.54, 1.807) is 12.0 Å². The van der Waals surface area contributed by atoms with Crippen LogP contribution in [0.1, 0.15) is 6.42 Å². The van der Waals surface area contributed by atoms with E-state index in [9.17, 15) is 4.79 Å². The molecule has 1 saturated heterocycles. The van der Waals surface area contributed by atoms with Gasteiger partial charge >= 0.3 is 0 Å². The van der Waals surface area contributed by atoms with Crippen LogP contribution in [0.5, 0.6) is 5.75 Å². The Morgan fingerprint density at radius 2 is 2.10 bits per heavy atom. The van der Waals surface area contributed by atoms with Crippen molar-refractivity contribution in [1.82, 2.24) is 4.90 Å². The minimum atomic E-state index is 0.00620.